The summed E-state index contributed by atoms with van der Waals surface area (Å²) in [6.45, 7) is 3.59. The molecule has 8 heteroatoms. The first-order valence-electron chi connectivity index (χ1n) is 7.21. The molecule has 0 aromatic carbocycles. The number of aliphatic carboxylic acids is 1. The van der Waals surface area contributed by atoms with E-state index in [-0.39, 0.29) is 30.1 Å². The van der Waals surface area contributed by atoms with Gasteiger partial charge in [-0.1, -0.05) is 13.3 Å². The highest BCUT2D eigenvalue weighted by Gasteiger charge is 2.51. The van der Waals surface area contributed by atoms with Crippen molar-refractivity contribution in [3.8, 4) is 0 Å². The van der Waals surface area contributed by atoms with E-state index in [1.165, 1.54) is 4.31 Å². The Morgan fingerprint density at radius 3 is 2.73 bits per heavy atom. The van der Waals surface area contributed by atoms with Crippen LogP contribution in [0.5, 0.6) is 0 Å². The molecule has 1 aromatic rings. The van der Waals surface area contributed by atoms with Gasteiger partial charge in [-0.05, 0) is 36.8 Å². The van der Waals surface area contributed by atoms with Crippen molar-refractivity contribution < 1.29 is 23.4 Å². The maximum Gasteiger partial charge on any atom is 0.313 e. The minimum absolute atomic E-state index is 0.135. The molecule has 1 aliphatic heterocycles. The van der Waals surface area contributed by atoms with Crippen molar-refractivity contribution in [3.63, 3.8) is 0 Å². The number of thiophene rings is 1. The number of aryl methyl sites for hydroxylation is 1. The summed E-state index contributed by atoms with van der Waals surface area (Å²) in [6.07, 6.45) is -0.0778. The van der Waals surface area contributed by atoms with Gasteiger partial charge in [-0.2, -0.15) is 4.31 Å². The summed E-state index contributed by atoms with van der Waals surface area (Å²) in [7, 11) is -3.71. The number of carboxylic acid groups (broad SMARTS) is 1. The Bertz CT molecular complexity index is 654. The van der Waals surface area contributed by atoms with Crippen molar-refractivity contribution in [3.05, 3.63) is 17.0 Å². The second-order valence-corrected chi connectivity index (χ2v) is 8.87. The zero-order valence-corrected chi connectivity index (χ0v) is 14.3. The van der Waals surface area contributed by atoms with Crippen LogP contribution in [0.15, 0.2) is 15.7 Å². The van der Waals surface area contributed by atoms with E-state index in [1.54, 1.807) is 11.4 Å². The van der Waals surface area contributed by atoms with Gasteiger partial charge in [-0.3, -0.25) is 4.79 Å². The van der Waals surface area contributed by atoms with Crippen molar-refractivity contribution in [1.82, 2.24) is 4.31 Å². The molecule has 1 saturated heterocycles. The summed E-state index contributed by atoms with van der Waals surface area (Å²) >= 11 is 1.13. The van der Waals surface area contributed by atoms with Gasteiger partial charge in [-0.25, -0.2) is 8.42 Å². The molecule has 2 atom stereocenters. The monoisotopic (exact) mass is 347 g/mol. The predicted molar refractivity (Wildman–Crippen MR) is 83.4 cm³/mol. The highest BCUT2D eigenvalue weighted by molar-refractivity contribution is 7.91. The van der Waals surface area contributed by atoms with Gasteiger partial charge in [0, 0.05) is 13.1 Å². The molecule has 0 saturated carbocycles. The minimum atomic E-state index is -3.71. The van der Waals surface area contributed by atoms with Crippen molar-refractivity contribution in [1.29, 1.82) is 0 Å². The van der Waals surface area contributed by atoms with E-state index >= 15 is 0 Å². The number of hydrogen-bond donors (Lipinski definition) is 2. The van der Waals surface area contributed by atoms with Gasteiger partial charge < -0.3 is 10.2 Å². The SMILES string of the molecule is CCC[C@]1(C(=O)O)CN(S(=O)(=O)c2cc(C)cs2)CC[C@H]1O. The third kappa shape index (κ3) is 2.92. The number of piperidine rings is 1. The summed E-state index contributed by atoms with van der Waals surface area (Å²) in [6, 6.07) is 1.59. The molecule has 1 aromatic heterocycles. The van der Waals surface area contributed by atoms with Crippen LogP contribution in [0.25, 0.3) is 0 Å². The van der Waals surface area contributed by atoms with Crippen LogP contribution in [0.4, 0.5) is 0 Å². The molecule has 0 bridgehead atoms. The molecule has 0 radical (unpaired) electrons. The van der Waals surface area contributed by atoms with E-state index in [4.69, 9.17) is 0 Å². The molecular formula is C14H21NO5S2. The quantitative estimate of drug-likeness (QED) is 0.845. The molecule has 2 rings (SSSR count). The van der Waals surface area contributed by atoms with Crippen molar-refractivity contribution in [2.24, 2.45) is 5.41 Å². The third-order valence-electron chi connectivity index (χ3n) is 4.17. The smallest absolute Gasteiger partial charge is 0.313 e. The molecule has 2 N–H and O–H groups in total. The highest BCUT2D eigenvalue weighted by Crippen LogP contribution is 2.38. The maximum absolute atomic E-state index is 12.7. The Labute approximate surface area is 134 Å². The third-order valence-corrected chi connectivity index (χ3v) is 7.55. The van der Waals surface area contributed by atoms with E-state index in [0.29, 0.717) is 6.42 Å². The Hall–Kier alpha value is -0.960. The lowest BCUT2D eigenvalue weighted by Gasteiger charge is -2.42. The molecule has 1 fully saturated rings. The molecular weight excluding hydrogens is 326 g/mol. The summed E-state index contributed by atoms with van der Waals surface area (Å²) in [5.41, 5.74) is -0.564. The van der Waals surface area contributed by atoms with Crippen LogP contribution >= 0.6 is 11.3 Å². The second kappa shape index (κ2) is 6.27. The number of carbonyl (C=O) groups is 1. The Kier molecular flexibility index (Phi) is 4.96. The van der Waals surface area contributed by atoms with Crippen LogP contribution in [-0.4, -0.2) is 48.1 Å². The standard InChI is InChI=1S/C14H21NO5S2/c1-3-5-14(13(17)18)9-15(6-4-11(14)16)22(19,20)12-7-10(2)8-21-12/h7-8,11,16H,3-6,9H2,1-2H3,(H,17,18)/t11-,14+/m1/s1. The number of hydrogen-bond acceptors (Lipinski definition) is 5. The van der Waals surface area contributed by atoms with Crippen molar-refractivity contribution >= 4 is 27.3 Å². The van der Waals surface area contributed by atoms with Crippen LogP contribution in [-0.2, 0) is 14.8 Å². The lowest BCUT2D eigenvalue weighted by molar-refractivity contribution is -0.161. The lowest BCUT2D eigenvalue weighted by atomic mass is 9.74. The van der Waals surface area contributed by atoms with Gasteiger partial charge in [0.25, 0.3) is 10.0 Å². The van der Waals surface area contributed by atoms with E-state index in [1.807, 2.05) is 13.8 Å². The number of nitrogens with zero attached hydrogens (tertiary/aromatic N) is 1. The fourth-order valence-corrected chi connectivity index (χ4v) is 5.83. The normalized spacial score (nSPS) is 27.0. The van der Waals surface area contributed by atoms with E-state index in [2.05, 4.69) is 0 Å². The number of sulfonamides is 1. The topological polar surface area (TPSA) is 94.9 Å². The summed E-state index contributed by atoms with van der Waals surface area (Å²) in [5.74, 6) is -1.14. The number of aliphatic hydroxyl groups excluding tert-OH is 1. The molecule has 124 valence electrons. The molecule has 0 unspecified atom stereocenters. The van der Waals surface area contributed by atoms with Crippen LogP contribution in [0.1, 0.15) is 31.7 Å². The van der Waals surface area contributed by atoms with Gasteiger partial charge in [0.05, 0.1) is 6.10 Å². The second-order valence-electron chi connectivity index (χ2n) is 5.80. The highest BCUT2D eigenvalue weighted by atomic mass is 32.2. The van der Waals surface area contributed by atoms with Crippen LogP contribution in [0.2, 0.25) is 0 Å². The van der Waals surface area contributed by atoms with Gasteiger partial charge >= 0.3 is 5.97 Å². The van der Waals surface area contributed by atoms with E-state index < -0.39 is 27.5 Å². The first kappa shape index (κ1) is 17.4. The Morgan fingerprint density at radius 2 is 2.23 bits per heavy atom. The van der Waals surface area contributed by atoms with Gasteiger partial charge in [0.15, 0.2) is 0 Å². The van der Waals surface area contributed by atoms with Crippen LogP contribution in [0, 0.1) is 12.3 Å². The Morgan fingerprint density at radius 1 is 1.55 bits per heavy atom. The van der Waals surface area contributed by atoms with Crippen molar-refractivity contribution in [2.75, 3.05) is 13.1 Å². The molecule has 0 spiro atoms. The van der Waals surface area contributed by atoms with Gasteiger partial charge in [-0.15, -0.1) is 11.3 Å². The average molecular weight is 347 g/mol. The lowest BCUT2D eigenvalue weighted by Crippen LogP contribution is -2.57. The first-order valence-corrected chi connectivity index (χ1v) is 9.53. The fourth-order valence-electron chi connectivity index (χ4n) is 2.92. The first-order chi connectivity index (χ1) is 10.2. The van der Waals surface area contributed by atoms with Gasteiger partial charge in [0.2, 0.25) is 0 Å². The minimum Gasteiger partial charge on any atom is -0.481 e. The largest absolute Gasteiger partial charge is 0.481 e. The number of carboxylic acids is 1. The summed E-state index contributed by atoms with van der Waals surface area (Å²) in [5, 5.41) is 21.5. The van der Waals surface area contributed by atoms with Crippen molar-refractivity contribution in [2.45, 2.75) is 43.4 Å². The molecule has 1 aliphatic rings. The molecule has 0 aliphatic carbocycles. The summed E-state index contributed by atoms with van der Waals surface area (Å²) < 4.78 is 26.8. The Balaban J connectivity index is 2.36. The zero-order valence-electron chi connectivity index (χ0n) is 12.7. The molecule has 22 heavy (non-hydrogen) atoms. The number of aliphatic hydroxyl groups is 1. The molecule has 6 nitrogen and oxygen atoms in total. The average Bonchev–Trinajstić information content (AvgIpc) is 2.88. The zero-order chi connectivity index (χ0) is 16.5. The van der Waals surface area contributed by atoms with Crippen LogP contribution in [0.3, 0.4) is 0 Å². The van der Waals surface area contributed by atoms with Gasteiger partial charge in [0.1, 0.15) is 9.62 Å². The maximum atomic E-state index is 12.7. The number of rotatable bonds is 5. The molecule has 0 amide bonds. The van der Waals surface area contributed by atoms with Crippen LogP contribution < -0.4 is 0 Å². The van der Waals surface area contributed by atoms with E-state index in [0.717, 1.165) is 16.9 Å². The fraction of sp³-hybridized carbons (Fsp3) is 0.643. The van der Waals surface area contributed by atoms with E-state index in [9.17, 15) is 23.4 Å². The predicted octanol–water partition coefficient (Wildman–Crippen LogP) is 1.68. The summed E-state index contributed by atoms with van der Waals surface area (Å²) in [4.78, 5) is 11.7. The molecule has 2 heterocycles.